The lowest BCUT2D eigenvalue weighted by Crippen LogP contribution is -2.36. The van der Waals surface area contributed by atoms with Crippen molar-refractivity contribution < 1.29 is 14.3 Å². The maximum atomic E-state index is 12.7. The predicted octanol–water partition coefficient (Wildman–Crippen LogP) is 4.01. The highest BCUT2D eigenvalue weighted by Crippen LogP contribution is 2.26. The first-order valence-electron chi connectivity index (χ1n) is 9.82. The van der Waals surface area contributed by atoms with Gasteiger partial charge in [-0.2, -0.15) is 5.10 Å². The number of benzene rings is 2. The number of nitrogens with zero attached hydrogens (tertiary/aromatic N) is 4. The number of rotatable bonds is 5. The lowest BCUT2D eigenvalue weighted by atomic mass is 10.1. The van der Waals surface area contributed by atoms with Crippen LogP contribution >= 0.6 is 0 Å². The zero-order valence-electron chi connectivity index (χ0n) is 17.2. The third-order valence-electron chi connectivity index (χ3n) is 4.76. The first-order valence-corrected chi connectivity index (χ1v) is 9.82. The summed E-state index contributed by atoms with van der Waals surface area (Å²) in [5, 5.41) is 8.51. The molecule has 156 valence electrons. The summed E-state index contributed by atoms with van der Waals surface area (Å²) in [6.45, 7) is 3.86. The number of nitrogens with one attached hydrogen (secondary N) is 1. The molecule has 0 fully saturated rings. The summed E-state index contributed by atoms with van der Waals surface area (Å²) in [6, 6.07) is 12.7. The van der Waals surface area contributed by atoms with E-state index < -0.39 is 0 Å². The highest BCUT2D eigenvalue weighted by atomic mass is 16.5. The highest BCUT2D eigenvalue weighted by Gasteiger charge is 2.26. The molecule has 8 nitrogen and oxygen atoms in total. The fourth-order valence-electron chi connectivity index (χ4n) is 3.12. The van der Waals surface area contributed by atoms with Crippen molar-refractivity contribution in [1.29, 1.82) is 0 Å². The van der Waals surface area contributed by atoms with Gasteiger partial charge >= 0.3 is 0 Å². The normalized spacial score (nSPS) is 13.5. The summed E-state index contributed by atoms with van der Waals surface area (Å²) >= 11 is 0. The van der Waals surface area contributed by atoms with Gasteiger partial charge in [0.15, 0.2) is 0 Å². The van der Waals surface area contributed by atoms with Gasteiger partial charge in [-0.1, -0.05) is 12.1 Å². The largest absolute Gasteiger partial charge is 0.438 e. The Morgan fingerprint density at radius 3 is 2.61 bits per heavy atom. The molecule has 0 unspecified atom stereocenters. The van der Waals surface area contributed by atoms with Gasteiger partial charge in [-0.25, -0.2) is 9.99 Å². The third-order valence-corrected chi connectivity index (χ3v) is 4.76. The van der Waals surface area contributed by atoms with Crippen LogP contribution in [0.1, 0.15) is 24.0 Å². The number of carbonyl (C=O) groups is 2. The number of anilines is 2. The molecule has 0 atom stereocenters. The van der Waals surface area contributed by atoms with Crippen molar-refractivity contribution in [2.24, 2.45) is 5.10 Å². The van der Waals surface area contributed by atoms with Crippen LogP contribution in [0, 0.1) is 13.8 Å². The summed E-state index contributed by atoms with van der Waals surface area (Å²) in [7, 11) is 0. The average molecular weight is 415 g/mol. The lowest BCUT2D eigenvalue weighted by molar-refractivity contribution is -0.118. The number of aromatic nitrogens is 2. The Kier molecular flexibility index (Phi) is 5.70. The summed E-state index contributed by atoms with van der Waals surface area (Å²) < 4.78 is 5.60. The molecule has 31 heavy (non-hydrogen) atoms. The second kappa shape index (κ2) is 8.74. The summed E-state index contributed by atoms with van der Waals surface area (Å²) in [4.78, 5) is 33.2. The van der Waals surface area contributed by atoms with Crippen molar-refractivity contribution in [3.05, 3.63) is 72.2 Å². The van der Waals surface area contributed by atoms with E-state index >= 15 is 0 Å². The van der Waals surface area contributed by atoms with Crippen LogP contribution in [0.2, 0.25) is 0 Å². The maximum absolute atomic E-state index is 12.7. The number of hydrogen-bond acceptors (Lipinski definition) is 6. The second-order valence-corrected chi connectivity index (χ2v) is 7.17. The van der Waals surface area contributed by atoms with Crippen LogP contribution in [0.4, 0.5) is 11.4 Å². The zero-order chi connectivity index (χ0) is 21.8. The molecule has 0 radical (unpaired) electrons. The van der Waals surface area contributed by atoms with Crippen LogP contribution in [0.25, 0.3) is 0 Å². The van der Waals surface area contributed by atoms with E-state index in [0.717, 1.165) is 11.1 Å². The average Bonchev–Trinajstić information content (AvgIpc) is 2.78. The molecule has 2 heterocycles. The zero-order valence-corrected chi connectivity index (χ0v) is 17.2. The van der Waals surface area contributed by atoms with Crippen LogP contribution in [0.3, 0.4) is 0 Å². The Hall–Kier alpha value is -4.07. The Morgan fingerprint density at radius 1 is 1.06 bits per heavy atom. The van der Waals surface area contributed by atoms with Crippen LogP contribution in [0.5, 0.6) is 11.6 Å². The van der Waals surface area contributed by atoms with Crippen LogP contribution in [-0.2, 0) is 9.59 Å². The lowest BCUT2D eigenvalue weighted by Gasteiger charge is -2.24. The molecule has 2 aromatic carbocycles. The number of hydrogen-bond donors (Lipinski definition) is 1. The highest BCUT2D eigenvalue weighted by molar-refractivity contribution is 6.44. The predicted molar refractivity (Wildman–Crippen MR) is 117 cm³/mol. The van der Waals surface area contributed by atoms with Crippen molar-refractivity contribution >= 4 is 28.9 Å². The molecule has 2 amide bonds. The SMILES string of the molecule is Cc1ccc(C)c(N2N=C(C(=O)Nc3ccc(Oc4cnccn4)cc3)CCC2=O)c1. The van der Waals surface area contributed by atoms with Gasteiger partial charge in [-0.15, -0.1) is 0 Å². The van der Waals surface area contributed by atoms with E-state index in [-0.39, 0.29) is 18.2 Å². The van der Waals surface area contributed by atoms with Gasteiger partial charge in [0, 0.05) is 30.9 Å². The topological polar surface area (TPSA) is 96.8 Å². The van der Waals surface area contributed by atoms with E-state index in [4.69, 9.17) is 4.74 Å². The van der Waals surface area contributed by atoms with E-state index in [1.807, 2.05) is 32.0 Å². The molecule has 1 aliphatic heterocycles. The van der Waals surface area contributed by atoms with Crippen LogP contribution < -0.4 is 15.1 Å². The van der Waals surface area contributed by atoms with Crippen molar-refractivity contribution in [2.45, 2.75) is 26.7 Å². The third kappa shape index (κ3) is 4.75. The minimum absolute atomic E-state index is 0.129. The molecule has 0 saturated carbocycles. The van der Waals surface area contributed by atoms with Gasteiger partial charge in [0.25, 0.3) is 5.91 Å². The van der Waals surface area contributed by atoms with Crippen molar-refractivity contribution in [3.8, 4) is 11.6 Å². The molecular formula is C23H21N5O3. The smallest absolute Gasteiger partial charge is 0.271 e. The first-order chi connectivity index (χ1) is 15.0. The number of hydrazone groups is 1. The molecule has 0 aliphatic carbocycles. The minimum atomic E-state index is -0.342. The van der Waals surface area contributed by atoms with Crippen molar-refractivity contribution in [2.75, 3.05) is 10.3 Å². The Morgan fingerprint density at radius 2 is 1.87 bits per heavy atom. The molecule has 8 heteroatoms. The molecule has 1 N–H and O–H groups in total. The minimum Gasteiger partial charge on any atom is -0.438 e. The maximum Gasteiger partial charge on any atom is 0.271 e. The van der Waals surface area contributed by atoms with Gasteiger partial charge in [-0.3, -0.25) is 14.6 Å². The molecule has 1 aromatic heterocycles. The number of carbonyl (C=O) groups excluding carboxylic acids is 2. The van der Waals surface area contributed by atoms with E-state index in [9.17, 15) is 9.59 Å². The molecular weight excluding hydrogens is 394 g/mol. The Bertz CT molecular complexity index is 1140. The molecule has 1 aliphatic rings. The Balaban J connectivity index is 1.47. The second-order valence-electron chi connectivity index (χ2n) is 7.17. The van der Waals surface area contributed by atoms with Crippen LogP contribution in [0.15, 0.2) is 66.2 Å². The van der Waals surface area contributed by atoms with E-state index in [1.165, 1.54) is 11.2 Å². The van der Waals surface area contributed by atoms with Gasteiger partial charge in [0.1, 0.15) is 11.5 Å². The number of amides is 2. The molecule has 0 spiro atoms. The summed E-state index contributed by atoms with van der Waals surface area (Å²) in [5.74, 6) is 0.480. The van der Waals surface area contributed by atoms with Gasteiger partial charge in [-0.05, 0) is 55.3 Å². The first kappa shape index (κ1) is 20.2. The van der Waals surface area contributed by atoms with Gasteiger partial charge in [0.2, 0.25) is 11.8 Å². The standard InChI is InChI=1S/C23H21N5O3/c1-15-3-4-16(2)20(13-15)28-22(29)10-9-19(27-28)23(30)26-17-5-7-18(8-6-17)31-21-14-24-11-12-25-21/h3-8,11-14H,9-10H2,1-2H3,(H,26,30). The summed E-state index contributed by atoms with van der Waals surface area (Å²) in [6.07, 6.45) is 5.14. The van der Waals surface area contributed by atoms with Gasteiger partial charge in [0.05, 0.1) is 11.9 Å². The number of aryl methyl sites for hydroxylation is 2. The van der Waals surface area contributed by atoms with E-state index in [1.54, 1.807) is 36.7 Å². The Labute approximate surface area is 179 Å². The van der Waals surface area contributed by atoms with Gasteiger partial charge < -0.3 is 10.1 Å². The van der Waals surface area contributed by atoms with E-state index in [0.29, 0.717) is 35.1 Å². The quantitative estimate of drug-likeness (QED) is 0.679. The fourth-order valence-corrected chi connectivity index (χ4v) is 3.12. The monoisotopic (exact) mass is 415 g/mol. The summed E-state index contributed by atoms with van der Waals surface area (Å²) in [5.41, 5.74) is 3.53. The van der Waals surface area contributed by atoms with Crippen molar-refractivity contribution in [3.63, 3.8) is 0 Å². The van der Waals surface area contributed by atoms with E-state index in [2.05, 4.69) is 20.4 Å². The molecule has 0 bridgehead atoms. The molecule has 3 aromatic rings. The van der Waals surface area contributed by atoms with Crippen LogP contribution in [-0.4, -0.2) is 27.5 Å². The van der Waals surface area contributed by atoms with Crippen molar-refractivity contribution in [1.82, 2.24) is 9.97 Å². The number of ether oxygens (including phenoxy) is 1. The molecule has 4 rings (SSSR count). The fraction of sp³-hybridized carbons (Fsp3) is 0.174. The molecule has 0 saturated heterocycles.